The summed E-state index contributed by atoms with van der Waals surface area (Å²) < 4.78 is 0. The van der Waals surface area contributed by atoms with Crippen molar-refractivity contribution in [2.45, 2.75) is 70.5 Å². The lowest BCUT2D eigenvalue weighted by atomic mass is 9.93. The number of hydrogen-bond acceptors (Lipinski definition) is 3. The van der Waals surface area contributed by atoms with Crippen LogP contribution in [0.15, 0.2) is 0 Å². The molecule has 3 heterocycles. The first-order chi connectivity index (χ1) is 11.9. The summed E-state index contributed by atoms with van der Waals surface area (Å²) in [7, 11) is 1.97. The van der Waals surface area contributed by atoms with Crippen LogP contribution in [-0.2, 0) is 4.79 Å². The Kier molecular flexibility index (Phi) is 7.59. The fourth-order valence-electron chi connectivity index (χ4n) is 4.58. The van der Waals surface area contributed by atoms with Gasteiger partial charge in [-0.05, 0) is 44.4 Å². The molecule has 2 N–H and O–H groups in total. The molecule has 3 atom stereocenters. The van der Waals surface area contributed by atoms with Crippen LogP contribution in [0.2, 0.25) is 0 Å². The van der Waals surface area contributed by atoms with Gasteiger partial charge in [0, 0.05) is 44.8 Å². The highest BCUT2D eigenvalue weighted by Gasteiger charge is 2.38. The zero-order chi connectivity index (χ0) is 18.0. The van der Waals surface area contributed by atoms with Gasteiger partial charge in [-0.15, -0.1) is 12.4 Å². The first kappa shape index (κ1) is 21.3. The number of rotatable bonds is 4. The topological polar surface area (TPSA) is 64.7 Å². The number of nitrogens with zero attached hydrogens (tertiary/aromatic N) is 2. The molecule has 0 radical (unpaired) electrons. The SMILES string of the molecule is CC(C)CNC(=O)N1CCCC(C(=O)N(C)C2CC3CCC(C2)N3)C1.Cl. The Hall–Kier alpha value is -1.01. The Morgan fingerprint density at radius 3 is 2.46 bits per heavy atom. The molecular formula is C19H35ClN4O2. The molecule has 0 spiro atoms. The highest BCUT2D eigenvalue weighted by atomic mass is 35.5. The van der Waals surface area contributed by atoms with Crippen LogP contribution in [0, 0.1) is 11.8 Å². The first-order valence-electron chi connectivity index (χ1n) is 9.99. The molecule has 3 rings (SSSR count). The maximum Gasteiger partial charge on any atom is 0.317 e. The second-order valence-electron chi connectivity index (χ2n) is 8.58. The second kappa shape index (κ2) is 9.27. The summed E-state index contributed by atoms with van der Waals surface area (Å²) in [4.78, 5) is 29.2. The number of amides is 3. The summed E-state index contributed by atoms with van der Waals surface area (Å²) >= 11 is 0. The molecule has 3 amide bonds. The molecular weight excluding hydrogens is 352 g/mol. The quantitative estimate of drug-likeness (QED) is 0.778. The molecule has 0 aliphatic carbocycles. The third-order valence-electron chi connectivity index (χ3n) is 6.06. The van der Waals surface area contributed by atoms with E-state index in [0.717, 1.165) is 32.2 Å². The lowest BCUT2D eigenvalue weighted by Crippen LogP contribution is -2.53. The number of likely N-dealkylation sites (tertiary alicyclic amines) is 1. The first-order valence-corrected chi connectivity index (χ1v) is 9.99. The number of urea groups is 1. The Morgan fingerprint density at radius 2 is 1.85 bits per heavy atom. The summed E-state index contributed by atoms with van der Waals surface area (Å²) in [5, 5.41) is 6.62. The van der Waals surface area contributed by atoms with Crippen molar-refractivity contribution in [3.63, 3.8) is 0 Å². The normalized spacial score (nSPS) is 30.7. The van der Waals surface area contributed by atoms with E-state index in [-0.39, 0.29) is 30.3 Å². The van der Waals surface area contributed by atoms with Crippen LogP contribution in [0.25, 0.3) is 0 Å². The number of carbonyl (C=O) groups is 2. The summed E-state index contributed by atoms with van der Waals surface area (Å²) in [6.07, 6.45) is 6.45. The van der Waals surface area contributed by atoms with Gasteiger partial charge in [0.25, 0.3) is 0 Å². The predicted molar refractivity (Wildman–Crippen MR) is 106 cm³/mol. The fraction of sp³-hybridized carbons (Fsp3) is 0.895. The summed E-state index contributed by atoms with van der Waals surface area (Å²) in [5.74, 6) is 0.622. The molecule has 3 aliphatic rings. The van der Waals surface area contributed by atoms with E-state index in [1.54, 1.807) is 0 Å². The minimum absolute atomic E-state index is 0. The third-order valence-corrected chi connectivity index (χ3v) is 6.06. The van der Waals surface area contributed by atoms with Gasteiger partial charge in [-0.25, -0.2) is 4.79 Å². The van der Waals surface area contributed by atoms with E-state index in [1.165, 1.54) is 12.8 Å². The van der Waals surface area contributed by atoms with E-state index >= 15 is 0 Å². The molecule has 7 heteroatoms. The second-order valence-corrected chi connectivity index (χ2v) is 8.58. The van der Waals surface area contributed by atoms with Gasteiger partial charge in [0.2, 0.25) is 5.91 Å². The van der Waals surface area contributed by atoms with E-state index < -0.39 is 0 Å². The Bertz CT molecular complexity index is 490. The number of fused-ring (bicyclic) bond motifs is 2. The Morgan fingerprint density at radius 1 is 1.19 bits per heavy atom. The number of nitrogens with one attached hydrogen (secondary N) is 2. The molecule has 3 aliphatic heterocycles. The molecule has 6 nitrogen and oxygen atoms in total. The van der Waals surface area contributed by atoms with E-state index in [9.17, 15) is 9.59 Å². The molecule has 2 bridgehead atoms. The minimum atomic E-state index is -0.0453. The van der Waals surface area contributed by atoms with Crippen molar-refractivity contribution in [1.29, 1.82) is 0 Å². The molecule has 3 fully saturated rings. The number of carbonyl (C=O) groups excluding carboxylic acids is 2. The Labute approximate surface area is 163 Å². The van der Waals surface area contributed by atoms with Gasteiger partial charge >= 0.3 is 6.03 Å². The van der Waals surface area contributed by atoms with Crippen LogP contribution in [0.1, 0.15) is 52.4 Å². The van der Waals surface area contributed by atoms with Gasteiger partial charge in [0.15, 0.2) is 0 Å². The van der Waals surface area contributed by atoms with E-state index in [2.05, 4.69) is 24.5 Å². The highest BCUT2D eigenvalue weighted by Crippen LogP contribution is 2.30. The van der Waals surface area contributed by atoms with Gasteiger partial charge in [-0.1, -0.05) is 13.8 Å². The molecule has 0 saturated carbocycles. The van der Waals surface area contributed by atoms with Gasteiger partial charge < -0.3 is 20.4 Å². The lowest BCUT2D eigenvalue weighted by molar-refractivity contribution is -0.138. The van der Waals surface area contributed by atoms with Gasteiger partial charge in [-0.3, -0.25) is 4.79 Å². The van der Waals surface area contributed by atoms with Gasteiger partial charge in [0.1, 0.15) is 0 Å². The van der Waals surface area contributed by atoms with E-state index in [4.69, 9.17) is 0 Å². The average molecular weight is 387 g/mol. The van der Waals surface area contributed by atoms with Crippen LogP contribution in [0.5, 0.6) is 0 Å². The number of piperidine rings is 2. The van der Waals surface area contributed by atoms with Crippen molar-refractivity contribution in [2.75, 3.05) is 26.7 Å². The maximum atomic E-state index is 13.0. The standard InChI is InChI=1S/C19H34N4O2.ClH/c1-13(2)11-20-19(25)23-8-4-5-14(12-23)18(24)22(3)17-9-15-6-7-16(10-17)21-15;/h13-17,21H,4-12H2,1-3H3,(H,20,25);1H. The van der Waals surface area contributed by atoms with Crippen molar-refractivity contribution >= 4 is 24.3 Å². The summed E-state index contributed by atoms with van der Waals surface area (Å²) in [6.45, 7) is 6.18. The number of halogens is 1. The number of hydrogen-bond donors (Lipinski definition) is 2. The van der Waals surface area contributed by atoms with Crippen molar-refractivity contribution in [2.24, 2.45) is 11.8 Å². The molecule has 150 valence electrons. The van der Waals surface area contributed by atoms with Crippen molar-refractivity contribution in [3.8, 4) is 0 Å². The fourth-order valence-corrected chi connectivity index (χ4v) is 4.58. The van der Waals surface area contributed by atoms with Crippen molar-refractivity contribution < 1.29 is 9.59 Å². The van der Waals surface area contributed by atoms with Gasteiger partial charge in [0.05, 0.1) is 5.92 Å². The van der Waals surface area contributed by atoms with Crippen LogP contribution in [-0.4, -0.2) is 66.5 Å². The smallest absolute Gasteiger partial charge is 0.317 e. The van der Waals surface area contributed by atoms with Crippen LogP contribution < -0.4 is 10.6 Å². The maximum absolute atomic E-state index is 13.0. The molecule has 0 aromatic carbocycles. The minimum Gasteiger partial charge on any atom is -0.342 e. The van der Waals surface area contributed by atoms with Crippen molar-refractivity contribution in [1.82, 2.24) is 20.4 Å². The van der Waals surface area contributed by atoms with Crippen molar-refractivity contribution in [3.05, 3.63) is 0 Å². The Balaban J connectivity index is 0.00000243. The van der Waals surface area contributed by atoms with Gasteiger partial charge in [-0.2, -0.15) is 0 Å². The average Bonchev–Trinajstić information content (AvgIpc) is 2.96. The lowest BCUT2D eigenvalue weighted by Gasteiger charge is -2.39. The van der Waals surface area contributed by atoms with E-state index in [0.29, 0.717) is 37.1 Å². The summed E-state index contributed by atoms with van der Waals surface area (Å²) in [6, 6.07) is 1.51. The van der Waals surface area contributed by atoms with Crippen LogP contribution >= 0.6 is 12.4 Å². The molecule has 3 unspecified atom stereocenters. The zero-order valence-electron chi connectivity index (χ0n) is 16.4. The molecule has 26 heavy (non-hydrogen) atoms. The largest absolute Gasteiger partial charge is 0.342 e. The molecule has 3 saturated heterocycles. The highest BCUT2D eigenvalue weighted by molar-refractivity contribution is 5.85. The van der Waals surface area contributed by atoms with Crippen LogP contribution in [0.3, 0.4) is 0 Å². The van der Waals surface area contributed by atoms with Crippen LogP contribution in [0.4, 0.5) is 4.79 Å². The third kappa shape index (κ3) is 5.03. The zero-order valence-corrected chi connectivity index (χ0v) is 17.2. The van der Waals surface area contributed by atoms with E-state index in [1.807, 2.05) is 16.8 Å². The molecule has 0 aromatic heterocycles. The monoisotopic (exact) mass is 386 g/mol. The predicted octanol–water partition coefficient (Wildman–Crippen LogP) is 2.23. The molecule has 0 aromatic rings. The summed E-state index contributed by atoms with van der Waals surface area (Å²) in [5.41, 5.74) is 0.